The van der Waals surface area contributed by atoms with Crippen LogP contribution in [0.3, 0.4) is 0 Å². The Morgan fingerprint density at radius 1 is 1.33 bits per heavy atom. The number of hydrogen-bond acceptors (Lipinski definition) is 4. The fourth-order valence-electron chi connectivity index (χ4n) is 1.23. The number of carboxylic acid groups (broad SMARTS) is 1. The molecule has 0 aliphatic rings. The van der Waals surface area contributed by atoms with Gasteiger partial charge < -0.3 is 10.4 Å². The van der Waals surface area contributed by atoms with Gasteiger partial charge in [0.15, 0.2) is 0 Å². The van der Waals surface area contributed by atoms with Crippen molar-refractivity contribution in [2.75, 3.05) is 23.9 Å². The number of nitrogens with one attached hydrogen (secondary N) is 1. The summed E-state index contributed by atoms with van der Waals surface area (Å²) in [5, 5.41) is 10.9. The van der Waals surface area contributed by atoms with Gasteiger partial charge >= 0.3 is 5.97 Å². The van der Waals surface area contributed by atoms with E-state index in [9.17, 15) is 22.0 Å². The van der Waals surface area contributed by atoms with Crippen molar-refractivity contribution < 1.29 is 27.1 Å². The number of carboxylic acids is 1. The van der Waals surface area contributed by atoms with Crippen LogP contribution in [0.5, 0.6) is 0 Å². The van der Waals surface area contributed by atoms with E-state index in [0.717, 1.165) is 6.26 Å². The van der Waals surface area contributed by atoms with Gasteiger partial charge in [0, 0.05) is 12.8 Å². The number of sulfone groups is 1. The molecule has 100 valence electrons. The number of aromatic carboxylic acids is 1. The zero-order valence-electron chi connectivity index (χ0n) is 9.41. The highest BCUT2D eigenvalue weighted by Gasteiger charge is 2.14. The molecule has 0 unspecified atom stereocenters. The first-order valence-electron chi connectivity index (χ1n) is 4.84. The van der Waals surface area contributed by atoms with Crippen molar-refractivity contribution in [2.24, 2.45) is 0 Å². The highest BCUT2D eigenvalue weighted by atomic mass is 32.2. The Hall–Kier alpha value is -1.70. The predicted molar refractivity (Wildman–Crippen MR) is 61.5 cm³/mol. The van der Waals surface area contributed by atoms with Crippen LogP contribution in [0.4, 0.5) is 14.5 Å². The standard InChI is InChI=1S/C10H11F2NO4S/c1-18(16,17)3-2-13-9-7(11)4-6(10(14)15)5-8(9)12/h4-5,13H,2-3H2,1H3,(H,14,15). The Balaban J connectivity index is 2.87. The van der Waals surface area contributed by atoms with Crippen LogP contribution in [-0.4, -0.2) is 38.0 Å². The molecule has 0 saturated heterocycles. The van der Waals surface area contributed by atoms with Gasteiger partial charge in [-0.05, 0) is 12.1 Å². The fourth-order valence-corrected chi connectivity index (χ4v) is 1.70. The minimum absolute atomic E-state index is 0.168. The molecule has 0 amide bonds. The lowest BCUT2D eigenvalue weighted by molar-refractivity contribution is 0.0696. The summed E-state index contributed by atoms with van der Waals surface area (Å²) < 4.78 is 48.4. The number of carbonyl (C=O) groups is 1. The molecular weight excluding hydrogens is 268 g/mol. The molecule has 5 nitrogen and oxygen atoms in total. The minimum atomic E-state index is -3.24. The van der Waals surface area contributed by atoms with E-state index in [1.165, 1.54) is 0 Å². The second-order valence-electron chi connectivity index (χ2n) is 3.68. The Bertz CT molecular complexity index is 548. The first-order chi connectivity index (χ1) is 8.20. The average Bonchev–Trinajstić information content (AvgIpc) is 2.20. The van der Waals surface area contributed by atoms with Gasteiger partial charge in [-0.15, -0.1) is 0 Å². The van der Waals surface area contributed by atoms with Crippen LogP contribution in [0.15, 0.2) is 12.1 Å². The van der Waals surface area contributed by atoms with Gasteiger partial charge in [0.2, 0.25) is 0 Å². The van der Waals surface area contributed by atoms with Gasteiger partial charge in [-0.1, -0.05) is 0 Å². The third-order valence-electron chi connectivity index (χ3n) is 2.06. The Labute approximate surface area is 102 Å². The van der Waals surface area contributed by atoms with E-state index >= 15 is 0 Å². The SMILES string of the molecule is CS(=O)(=O)CCNc1c(F)cc(C(=O)O)cc1F. The molecule has 0 atom stereocenters. The number of halogens is 2. The molecule has 0 fully saturated rings. The molecule has 1 aromatic carbocycles. The maximum absolute atomic E-state index is 13.4. The monoisotopic (exact) mass is 279 g/mol. The fraction of sp³-hybridized carbons (Fsp3) is 0.300. The number of rotatable bonds is 5. The van der Waals surface area contributed by atoms with Gasteiger partial charge in [0.1, 0.15) is 27.2 Å². The molecule has 0 aromatic heterocycles. The van der Waals surface area contributed by atoms with Crippen LogP contribution in [0.25, 0.3) is 0 Å². The normalized spacial score (nSPS) is 11.3. The van der Waals surface area contributed by atoms with Crippen molar-refractivity contribution in [1.29, 1.82) is 0 Å². The molecule has 0 radical (unpaired) electrons. The first kappa shape index (κ1) is 14.4. The third kappa shape index (κ3) is 3.95. The summed E-state index contributed by atoms with van der Waals surface area (Å²) in [6, 6.07) is 1.32. The second kappa shape index (κ2) is 5.30. The molecule has 8 heteroatoms. The predicted octanol–water partition coefficient (Wildman–Crippen LogP) is 1.12. The molecule has 0 aliphatic carbocycles. The van der Waals surface area contributed by atoms with Crippen molar-refractivity contribution in [1.82, 2.24) is 0 Å². The van der Waals surface area contributed by atoms with E-state index in [1.807, 2.05) is 0 Å². The van der Waals surface area contributed by atoms with Crippen molar-refractivity contribution in [3.05, 3.63) is 29.3 Å². The lowest BCUT2D eigenvalue weighted by Crippen LogP contribution is -2.16. The molecule has 0 heterocycles. The maximum atomic E-state index is 13.4. The van der Waals surface area contributed by atoms with E-state index in [0.29, 0.717) is 12.1 Å². The molecule has 0 spiro atoms. The number of anilines is 1. The largest absolute Gasteiger partial charge is 0.478 e. The Morgan fingerprint density at radius 2 is 1.83 bits per heavy atom. The summed E-state index contributed by atoms with van der Waals surface area (Å²) in [7, 11) is -3.24. The van der Waals surface area contributed by atoms with E-state index in [1.54, 1.807) is 0 Å². The summed E-state index contributed by atoms with van der Waals surface area (Å²) in [6.07, 6.45) is 0.995. The van der Waals surface area contributed by atoms with Crippen molar-refractivity contribution in [3.8, 4) is 0 Å². The number of hydrogen-bond donors (Lipinski definition) is 2. The number of benzene rings is 1. The van der Waals surface area contributed by atoms with Crippen molar-refractivity contribution in [3.63, 3.8) is 0 Å². The summed E-state index contributed by atoms with van der Waals surface area (Å²) in [5.74, 6) is -3.90. The molecule has 1 rings (SSSR count). The van der Waals surface area contributed by atoms with Crippen molar-refractivity contribution in [2.45, 2.75) is 0 Å². The molecule has 0 bridgehead atoms. The zero-order chi connectivity index (χ0) is 13.9. The van der Waals surface area contributed by atoms with Gasteiger partial charge in [0.05, 0.1) is 11.3 Å². The summed E-state index contributed by atoms with van der Waals surface area (Å²) in [6.45, 7) is -0.168. The van der Waals surface area contributed by atoms with Crippen LogP contribution >= 0.6 is 0 Å². The second-order valence-corrected chi connectivity index (χ2v) is 5.94. The van der Waals surface area contributed by atoms with E-state index in [2.05, 4.69) is 5.32 Å². The van der Waals surface area contributed by atoms with E-state index < -0.39 is 38.7 Å². The highest BCUT2D eigenvalue weighted by molar-refractivity contribution is 7.90. The Morgan fingerprint density at radius 3 is 2.22 bits per heavy atom. The molecular formula is C10H11F2NO4S. The summed E-state index contributed by atoms with van der Waals surface area (Å²) >= 11 is 0. The zero-order valence-corrected chi connectivity index (χ0v) is 10.2. The highest BCUT2D eigenvalue weighted by Crippen LogP contribution is 2.20. The van der Waals surface area contributed by atoms with E-state index in [-0.39, 0.29) is 12.3 Å². The third-order valence-corrected chi connectivity index (χ3v) is 3.01. The lowest BCUT2D eigenvalue weighted by Gasteiger charge is -2.08. The maximum Gasteiger partial charge on any atom is 0.335 e. The van der Waals surface area contributed by atoms with Crippen LogP contribution in [0, 0.1) is 11.6 Å². The quantitative estimate of drug-likeness (QED) is 0.844. The van der Waals surface area contributed by atoms with Crippen molar-refractivity contribution >= 4 is 21.5 Å². The van der Waals surface area contributed by atoms with Crippen LogP contribution < -0.4 is 5.32 Å². The average molecular weight is 279 g/mol. The summed E-state index contributed by atoms with van der Waals surface area (Å²) in [4.78, 5) is 10.5. The van der Waals surface area contributed by atoms with E-state index in [4.69, 9.17) is 5.11 Å². The topological polar surface area (TPSA) is 83.5 Å². The first-order valence-corrected chi connectivity index (χ1v) is 6.90. The molecule has 0 aliphatic heterocycles. The summed E-state index contributed by atoms with van der Waals surface area (Å²) in [5.41, 5.74) is -1.05. The molecule has 0 saturated carbocycles. The molecule has 1 aromatic rings. The van der Waals surface area contributed by atoms with Crippen LogP contribution in [-0.2, 0) is 9.84 Å². The van der Waals surface area contributed by atoms with Gasteiger partial charge in [-0.2, -0.15) is 0 Å². The minimum Gasteiger partial charge on any atom is -0.478 e. The molecule has 18 heavy (non-hydrogen) atoms. The smallest absolute Gasteiger partial charge is 0.335 e. The van der Waals surface area contributed by atoms with Crippen LogP contribution in [0.2, 0.25) is 0 Å². The Kier molecular flexibility index (Phi) is 4.23. The van der Waals surface area contributed by atoms with Gasteiger partial charge in [0.25, 0.3) is 0 Å². The van der Waals surface area contributed by atoms with Crippen LogP contribution in [0.1, 0.15) is 10.4 Å². The lowest BCUT2D eigenvalue weighted by atomic mass is 10.2. The van der Waals surface area contributed by atoms with Gasteiger partial charge in [-0.25, -0.2) is 22.0 Å². The van der Waals surface area contributed by atoms with Gasteiger partial charge in [-0.3, -0.25) is 0 Å². The molecule has 2 N–H and O–H groups in total.